The minimum absolute atomic E-state index is 0. The number of carbonyl (C=O) groups is 1. The van der Waals surface area contributed by atoms with Gasteiger partial charge in [-0.3, -0.25) is 4.79 Å². The molecule has 0 radical (unpaired) electrons. The largest absolute Gasteiger partial charge is 0.379 e. The SMILES string of the molecule is CCOCCOC(C)C(=O)N(Cc1ccsc1)C1CC12CCNCC2.Cl. The van der Waals surface area contributed by atoms with Gasteiger partial charge in [0.2, 0.25) is 0 Å². The first-order valence-electron chi connectivity index (χ1n) is 9.38. The van der Waals surface area contributed by atoms with Crippen molar-refractivity contribution in [1.82, 2.24) is 10.2 Å². The van der Waals surface area contributed by atoms with E-state index in [1.165, 1.54) is 18.4 Å². The van der Waals surface area contributed by atoms with Crippen molar-refractivity contribution < 1.29 is 14.3 Å². The van der Waals surface area contributed by atoms with Gasteiger partial charge in [-0.05, 0) is 74.0 Å². The molecule has 5 nitrogen and oxygen atoms in total. The van der Waals surface area contributed by atoms with Crippen LogP contribution in [0.4, 0.5) is 0 Å². The molecule has 148 valence electrons. The smallest absolute Gasteiger partial charge is 0.251 e. The Morgan fingerprint density at radius 2 is 2.19 bits per heavy atom. The van der Waals surface area contributed by atoms with Gasteiger partial charge in [0.25, 0.3) is 5.91 Å². The van der Waals surface area contributed by atoms with Crippen LogP contribution in [0.15, 0.2) is 16.8 Å². The summed E-state index contributed by atoms with van der Waals surface area (Å²) in [4.78, 5) is 15.2. The van der Waals surface area contributed by atoms with Crippen LogP contribution in [0.25, 0.3) is 0 Å². The van der Waals surface area contributed by atoms with Crippen molar-refractivity contribution in [3.8, 4) is 0 Å². The fourth-order valence-electron chi connectivity index (χ4n) is 3.88. The van der Waals surface area contributed by atoms with Crippen LogP contribution in [0.1, 0.15) is 38.7 Å². The third kappa shape index (κ3) is 5.20. The molecule has 1 aromatic rings. The fraction of sp³-hybridized carbons (Fsp3) is 0.737. The van der Waals surface area contributed by atoms with Gasteiger partial charge in [0.1, 0.15) is 6.10 Å². The second kappa shape index (κ2) is 10.0. The van der Waals surface area contributed by atoms with Crippen LogP contribution in [0.5, 0.6) is 0 Å². The summed E-state index contributed by atoms with van der Waals surface area (Å²) in [6.07, 6.45) is 3.06. The lowest BCUT2D eigenvalue weighted by atomic mass is 9.93. The van der Waals surface area contributed by atoms with E-state index in [-0.39, 0.29) is 18.3 Å². The summed E-state index contributed by atoms with van der Waals surface area (Å²) in [5.74, 6) is 0.114. The summed E-state index contributed by atoms with van der Waals surface area (Å²) >= 11 is 1.68. The van der Waals surface area contributed by atoms with Crippen molar-refractivity contribution in [2.24, 2.45) is 5.41 Å². The van der Waals surface area contributed by atoms with Crippen LogP contribution in [-0.4, -0.2) is 55.9 Å². The molecule has 26 heavy (non-hydrogen) atoms. The second-order valence-corrected chi connectivity index (χ2v) is 7.92. The zero-order chi connectivity index (χ0) is 17.7. The summed E-state index contributed by atoms with van der Waals surface area (Å²) in [6, 6.07) is 2.48. The molecule has 3 rings (SSSR count). The Bertz CT molecular complexity index is 549. The molecule has 2 atom stereocenters. The number of piperidine rings is 1. The first-order valence-corrected chi connectivity index (χ1v) is 10.3. The fourth-order valence-corrected chi connectivity index (χ4v) is 4.54. The second-order valence-electron chi connectivity index (χ2n) is 7.14. The Hall–Kier alpha value is -0.660. The lowest BCUT2D eigenvalue weighted by molar-refractivity contribution is -0.145. The van der Waals surface area contributed by atoms with E-state index in [1.807, 2.05) is 13.8 Å². The molecular weight excluding hydrogens is 372 g/mol. The maximum Gasteiger partial charge on any atom is 0.251 e. The Balaban J connectivity index is 0.00000243. The highest BCUT2D eigenvalue weighted by Crippen LogP contribution is 2.56. The van der Waals surface area contributed by atoms with E-state index in [4.69, 9.17) is 9.47 Å². The van der Waals surface area contributed by atoms with Crippen LogP contribution in [0.3, 0.4) is 0 Å². The maximum atomic E-state index is 13.1. The van der Waals surface area contributed by atoms with Crippen molar-refractivity contribution in [3.63, 3.8) is 0 Å². The molecule has 1 aliphatic carbocycles. The molecule has 0 aromatic carbocycles. The van der Waals surface area contributed by atoms with Crippen LogP contribution in [0.2, 0.25) is 0 Å². The summed E-state index contributed by atoms with van der Waals surface area (Å²) in [7, 11) is 0. The van der Waals surface area contributed by atoms with E-state index >= 15 is 0 Å². The highest BCUT2D eigenvalue weighted by molar-refractivity contribution is 7.07. The molecule has 1 amide bonds. The number of carbonyl (C=O) groups excluding carboxylic acids is 1. The number of thiophene rings is 1. The highest BCUT2D eigenvalue weighted by Gasteiger charge is 2.58. The third-order valence-corrected chi connectivity index (χ3v) is 6.22. The van der Waals surface area contributed by atoms with Gasteiger partial charge >= 0.3 is 0 Å². The normalized spacial score (nSPS) is 21.8. The molecule has 2 unspecified atom stereocenters. The van der Waals surface area contributed by atoms with Crippen LogP contribution in [0, 0.1) is 5.41 Å². The number of nitrogens with one attached hydrogen (secondary N) is 1. The van der Waals surface area contributed by atoms with Gasteiger partial charge in [-0.2, -0.15) is 11.3 Å². The molecule has 1 saturated carbocycles. The standard InChI is InChI=1S/C19H30N2O3S.ClH/c1-3-23-9-10-24-15(2)18(22)21(13-16-4-11-25-14-16)17-12-19(17)5-7-20-8-6-19;/h4,11,14-15,17,20H,3,5-10,12-13H2,1-2H3;1H. The van der Waals surface area contributed by atoms with Gasteiger partial charge in [-0.25, -0.2) is 0 Å². The Morgan fingerprint density at radius 1 is 1.42 bits per heavy atom. The molecule has 1 spiro atoms. The van der Waals surface area contributed by atoms with Gasteiger partial charge in [0.15, 0.2) is 0 Å². The maximum absolute atomic E-state index is 13.1. The van der Waals surface area contributed by atoms with Crippen LogP contribution >= 0.6 is 23.7 Å². The molecule has 2 fully saturated rings. The molecule has 1 aromatic heterocycles. The molecule has 2 heterocycles. The lowest BCUT2D eigenvalue weighted by Gasteiger charge is -2.31. The summed E-state index contributed by atoms with van der Waals surface area (Å²) in [6.45, 7) is 8.34. The molecule has 1 N–H and O–H groups in total. The molecule has 2 aliphatic rings. The van der Waals surface area contributed by atoms with Crippen LogP contribution in [-0.2, 0) is 20.8 Å². The minimum Gasteiger partial charge on any atom is -0.379 e. The summed E-state index contributed by atoms with van der Waals surface area (Å²) in [5.41, 5.74) is 1.55. The number of amides is 1. The Labute approximate surface area is 166 Å². The number of ether oxygens (including phenoxy) is 2. The van der Waals surface area contributed by atoms with Crippen molar-refractivity contribution in [2.45, 2.75) is 51.8 Å². The monoisotopic (exact) mass is 402 g/mol. The van der Waals surface area contributed by atoms with Crippen molar-refractivity contribution in [1.29, 1.82) is 0 Å². The average molecular weight is 403 g/mol. The zero-order valence-corrected chi connectivity index (χ0v) is 17.4. The average Bonchev–Trinajstić information content (AvgIpc) is 3.06. The number of rotatable bonds is 9. The topological polar surface area (TPSA) is 50.8 Å². The molecule has 0 bridgehead atoms. The number of nitrogens with zero attached hydrogens (tertiary/aromatic N) is 1. The molecular formula is C19H31ClN2O3S. The van der Waals surface area contributed by atoms with E-state index in [0.29, 0.717) is 37.8 Å². The van der Waals surface area contributed by atoms with Gasteiger partial charge in [0, 0.05) is 19.2 Å². The molecule has 7 heteroatoms. The molecule has 1 aliphatic heterocycles. The van der Waals surface area contributed by atoms with Crippen LogP contribution < -0.4 is 5.32 Å². The van der Waals surface area contributed by atoms with Gasteiger partial charge in [0.05, 0.1) is 13.2 Å². The van der Waals surface area contributed by atoms with E-state index in [2.05, 4.69) is 27.0 Å². The number of halogens is 1. The van der Waals surface area contributed by atoms with E-state index in [9.17, 15) is 4.79 Å². The Morgan fingerprint density at radius 3 is 2.85 bits per heavy atom. The van der Waals surface area contributed by atoms with Crippen molar-refractivity contribution in [2.75, 3.05) is 32.9 Å². The van der Waals surface area contributed by atoms with E-state index in [0.717, 1.165) is 19.5 Å². The van der Waals surface area contributed by atoms with E-state index in [1.54, 1.807) is 11.3 Å². The number of hydrogen-bond donors (Lipinski definition) is 1. The number of hydrogen-bond acceptors (Lipinski definition) is 5. The van der Waals surface area contributed by atoms with Gasteiger partial charge in [-0.15, -0.1) is 12.4 Å². The first-order chi connectivity index (χ1) is 12.2. The van der Waals surface area contributed by atoms with E-state index < -0.39 is 6.10 Å². The van der Waals surface area contributed by atoms with Crippen molar-refractivity contribution in [3.05, 3.63) is 22.4 Å². The lowest BCUT2D eigenvalue weighted by Crippen LogP contribution is -2.43. The third-order valence-electron chi connectivity index (χ3n) is 5.49. The Kier molecular flexibility index (Phi) is 8.36. The van der Waals surface area contributed by atoms with Crippen molar-refractivity contribution >= 4 is 29.7 Å². The molecule has 1 saturated heterocycles. The quantitative estimate of drug-likeness (QED) is 0.645. The first kappa shape index (κ1) is 21.6. The summed E-state index contributed by atoms with van der Waals surface area (Å²) in [5, 5.41) is 7.65. The van der Waals surface area contributed by atoms with Gasteiger partial charge in [-0.1, -0.05) is 0 Å². The predicted molar refractivity (Wildman–Crippen MR) is 107 cm³/mol. The van der Waals surface area contributed by atoms with Gasteiger partial charge < -0.3 is 19.7 Å². The highest BCUT2D eigenvalue weighted by atomic mass is 35.5. The summed E-state index contributed by atoms with van der Waals surface area (Å²) < 4.78 is 11.0. The minimum atomic E-state index is -0.418. The zero-order valence-electron chi connectivity index (χ0n) is 15.7. The predicted octanol–water partition coefficient (Wildman–Crippen LogP) is 3.08.